The summed E-state index contributed by atoms with van der Waals surface area (Å²) < 4.78 is 27.0. The van der Waals surface area contributed by atoms with Crippen LogP contribution in [0.5, 0.6) is 0 Å². The van der Waals surface area contributed by atoms with Crippen LogP contribution in [0.15, 0.2) is 29.2 Å². The molecule has 0 bridgehead atoms. The summed E-state index contributed by atoms with van der Waals surface area (Å²) in [5.41, 5.74) is 0.744. The zero-order valence-corrected chi connectivity index (χ0v) is 13.9. The summed E-state index contributed by atoms with van der Waals surface area (Å²) >= 11 is 0. The second kappa shape index (κ2) is 7.23. The molecule has 4 heteroatoms. The van der Waals surface area contributed by atoms with E-state index in [9.17, 15) is 8.42 Å². The zero-order chi connectivity index (χ0) is 15.2. The molecule has 0 fully saturated rings. The second-order valence-electron chi connectivity index (χ2n) is 6.31. The van der Waals surface area contributed by atoms with Gasteiger partial charge in [0.2, 0.25) is 10.0 Å². The lowest BCUT2D eigenvalue weighted by Gasteiger charge is -2.20. The average Bonchev–Trinajstić information content (AvgIpc) is 2.32. The molecule has 114 valence electrons. The van der Waals surface area contributed by atoms with Gasteiger partial charge in [-0.3, -0.25) is 0 Å². The van der Waals surface area contributed by atoms with E-state index < -0.39 is 15.6 Å². The van der Waals surface area contributed by atoms with Crippen molar-refractivity contribution in [2.45, 2.75) is 70.2 Å². The molecule has 3 nitrogen and oxygen atoms in total. The fraction of sp³-hybridized carbons (Fsp3) is 0.625. The van der Waals surface area contributed by atoms with Crippen LogP contribution in [0.1, 0.15) is 58.9 Å². The summed E-state index contributed by atoms with van der Waals surface area (Å²) in [6, 6.07) is 7.23. The Kier molecular flexibility index (Phi) is 6.21. The van der Waals surface area contributed by atoms with Gasteiger partial charge in [-0.05, 0) is 51.3 Å². The first kappa shape index (κ1) is 17.2. The Morgan fingerprint density at radius 1 is 1.00 bits per heavy atom. The number of hydrogen-bond acceptors (Lipinski definition) is 2. The summed E-state index contributed by atoms with van der Waals surface area (Å²) in [4.78, 5) is 0.338. The zero-order valence-electron chi connectivity index (χ0n) is 13.1. The predicted molar refractivity (Wildman–Crippen MR) is 84.4 cm³/mol. The van der Waals surface area contributed by atoms with E-state index in [2.05, 4.69) is 11.6 Å². The Hall–Kier alpha value is -0.870. The Bertz CT molecular complexity index is 498. The molecular weight excluding hydrogens is 270 g/mol. The number of sulfonamides is 1. The molecule has 1 N–H and O–H groups in total. The van der Waals surface area contributed by atoms with Crippen LogP contribution >= 0.6 is 0 Å². The highest BCUT2D eigenvalue weighted by molar-refractivity contribution is 7.89. The van der Waals surface area contributed by atoms with Crippen molar-refractivity contribution in [2.24, 2.45) is 0 Å². The van der Waals surface area contributed by atoms with Crippen molar-refractivity contribution in [1.82, 2.24) is 4.72 Å². The van der Waals surface area contributed by atoms with Crippen molar-refractivity contribution < 1.29 is 8.42 Å². The van der Waals surface area contributed by atoms with Gasteiger partial charge in [-0.15, -0.1) is 0 Å². The van der Waals surface area contributed by atoms with Gasteiger partial charge in [-0.25, -0.2) is 13.1 Å². The Balaban J connectivity index is 2.66. The lowest BCUT2D eigenvalue weighted by atomic mass is 10.1. The van der Waals surface area contributed by atoms with Crippen molar-refractivity contribution >= 4 is 10.0 Å². The minimum atomic E-state index is -3.41. The largest absolute Gasteiger partial charge is 0.241 e. The first-order valence-electron chi connectivity index (χ1n) is 7.37. The molecule has 1 aromatic carbocycles. The number of unbranched alkanes of at least 4 members (excludes halogenated alkanes) is 3. The summed E-state index contributed by atoms with van der Waals surface area (Å²) in [7, 11) is -3.41. The highest BCUT2D eigenvalue weighted by Gasteiger charge is 2.21. The molecule has 0 atom stereocenters. The molecule has 0 saturated heterocycles. The molecule has 0 aromatic heterocycles. The smallest absolute Gasteiger partial charge is 0.207 e. The van der Waals surface area contributed by atoms with Crippen molar-refractivity contribution in [3.8, 4) is 0 Å². The van der Waals surface area contributed by atoms with E-state index in [0.29, 0.717) is 4.90 Å². The summed E-state index contributed by atoms with van der Waals surface area (Å²) in [6.45, 7) is 7.72. The van der Waals surface area contributed by atoms with Crippen LogP contribution in [0.25, 0.3) is 0 Å². The third kappa shape index (κ3) is 6.06. The lowest BCUT2D eigenvalue weighted by Crippen LogP contribution is -2.40. The first-order valence-corrected chi connectivity index (χ1v) is 8.86. The summed E-state index contributed by atoms with van der Waals surface area (Å²) in [6.07, 6.45) is 5.92. The SMILES string of the molecule is CCCCCCc1ccc(S(=O)(=O)NC(C)(C)C)cc1. The van der Waals surface area contributed by atoms with Crippen LogP contribution in [-0.2, 0) is 16.4 Å². The van der Waals surface area contributed by atoms with Gasteiger partial charge in [-0.1, -0.05) is 38.3 Å². The average molecular weight is 297 g/mol. The molecule has 0 aliphatic rings. The normalized spacial score (nSPS) is 12.6. The molecule has 0 saturated carbocycles. The highest BCUT2D eigenvalue weighted by atomic mass is 32.2. The van der Waals surface area contributed by atoms with Crippen LogP contribution < -0.4 is 4.72 Å². The number of nitrogens with one attached hydrogen (secondary N) is 1. The standard InChI is InChI=1S/C16H27NO2S/c1-5-6-7-8-9-14-10-12-15(13-11-14)20(18,19)17-16(2,3)4/h10-13,17H,5-9H2,1-4H3. The van der Waals surface area contributed by atoms with Gasteiger partial charge in [0, 0.05) is 5.54 Å². The van der Waals surface area contributed by atoms with E-state index in [1.807, 2.05) is 32.9 Å². The molecule has 1 aromatic rings. The third-order valence-electron chi connectivity index (χ3n) is 2.99. The first-order chi connectivity index (χ1) is 9.24. The molecule has 0 aliphatic carbocycles. The van der Waals surface area contributed by atoms with Gasteiger partial charge in [0.15, 0.2) is 0 Å². The maximum Gasteiger partial charge on any atom is 0.241 e. The Morgan fingerprint density at radius 2 is 1.60 bits per heavy atom. The molecule has 0 heterocycles. The van der Waals surface area contributed by atoms with Crippen LogP contribution in [0.4, 0.5) is 0 Å². The van der Waals surface area contributed by atoms with Crippen LogP contribution in [0.3, 0.4) is 0 Å². The maximum atomic E-state index is 12.1. The van der Waals surface area contributed by atoms with Crippen LogP contribution in [-0.4, -0.2) is 14.0 Å². The van der Waals surface area contributed by atoms with Gasteiger partial charge in [0.05, 0.1) is 4.90 Å². The maximum absolute atomic E-state index is 12.1. The molecule has 1 rings (SSSR count). The number of hydrogen-bond donors (Lipinski definition) is 1. The van der Waals surface area contributed by atoms with Crippen molar-refractivity contribution in [1.29, 1.82) is 0 Å². The summed E-state index contributed by atoms with van der Waals surface area (Å²) in [5, 5.41) is 0. The quantitative estimate of drug-likeness (QED) is 0.776. The minimum absolute atomic E-state index is 0.338. The van der Waals surface area contributed by atoms with Gasteiger partial charge < -0.3 is 0 Å². The van der Waals surface area contributed by atoms with E-state index in [1.165, 1.54) is 31.2 Å². The number of rotatable bonds is 7. The molecule has 0 spiro atoms. The summed E-state index contributed by atoms with van der Waals surface area (Å²) in [5.74, 6) is 0. The molecule has 0 amide bonds. The topological polar surface area (TPSA) is 46.2 Å². The number of aryl methyl sites for hydroxylation is 1. The molecule has 0 unspecified atom stereocenters. The van der Waals surface area contributed by atoms with Crippen LogP contribution in [0, 0.1) is 0 Å². The Labute approximate surface area is 123 Å². The van der Waals surface area contributed by atoms with Gasteiger partial charge in [0.1, 0.15) is 0 Å². The third-order valence-corrected chi connectivity index (χ3v) is 4.77. The van der Waals surface area contributed by atoms with E-state index in [1.54, 1.807) is 12.1 Å². The number of benzene rings is 1. The van der Waals surface area contributed by atoms with Crippen molar-refractivity contribution in [3.63, 3.8) is 0 Å². The van der Waals surface area contributed by atoms with Gasteiger partial charge >= 0.3 is 0 Å². The Morgan fingerprint density at radius 3 is 2.10 bits per heavy atom. The lowest BCUT2D eigenvalue weighted by molar-refractivity contribution is 0.491. The van der Waals surface area contributed by atoms with Gasteiger partial charge in [0.25, 0.3) is 0 Å². The monoisotopic (exact) mass is 297 g/mol. The van der Waals surface area contributed by atoms with E-state index in [-0.39, 0.29) is 0 Å². The predicted octanol–water partition coefficient (Wildman–Crippen LogP) is 3.89. The molecule has 0 radical (unpaired) electrons. The minimum Gasteiger partial charge on any atom is -0.207 e. The highest BCUT2D eigenvalue weighted by Crippen LogP contribution is 2.15. The molecule has 20 heavy (non-hydrogen) atoms. The van der Waals surface area contributed by atoms with E-state index in [0.717, 1.165) is 6.42 Å². The fourth-order valence-electron chi connectivity index (χ4n) is 2.05. The van der Waals surface area contributed by atoms with Crippen LogP contribution in [0.2, 0.25) is 0 Å². The van der Waals surface area contributed by atoms with Crippen molar-refractivity contribution in [2.75, 3.05) is 0 Å². The van der Waals surface area contributed by atoms with E-state index >= 15 is 0 Å². The molecule has 0 aliphatic heterocycles. The van der Waals surface area contributed by atoms with Gasteiger partial charge in [-0.2, -0.15) is 0 Å². The van der Waals surface area contributed by atoms with Crippen molar-refractivity contribution in [3.05, 3.63) is 29.8 Å². The fourth-order valence-corrected chi connectivity index (χ4v) is 3.47. The second-order valence-corrected chi connectivity index (χ2v) is 7.99. The molecular formula is C16H27NO2S. The van der Waals surface area contributed by atoms with E-state index in [4.69, 9.17) is 0 Å².